The van der Waals surface area contributed by atoms with Crippen LogP contribution >= 0.6 is 12.4 Å². The number of para-hydroxylation sites is 1. The minimum atomic E-state index is 0. The normalized spacial score (nSPS) is 19.2. The monoisotopic (exact) mass is 312 g/mol. The zero-order chi connectivity index (χ0) is 14.2. The van der Waals surface area contributed by atoms with Gasteiger partial charge in [-0.25, -0.2) is 0 Å². The number of benzene rings is 1. The van der Waals surface area contributed by atoms with Gasteiger partial charge >= 0.3 is 0 Å². The molecule has 0 aliphatic carbocycles. The molecule has 0 bridgehead atoms. The fourth-order valence-corrected chi connectivity index (χ4v) is 2.53. The Morgan fingerprint density at radius 2 is 2.19 bits per heavy atom. The predicted octanol–water partition coefficient (Wildman–Crippen LogP) is 2.38. The van der Waals surface area contributed by atoms with Gasteiger partial charge in [0.1, 0.15) is 5.75 Å². The molecule has 1 aromatic rings. The van der Waals surface area contributed by atoms with Gasteiger partial charge in [-0.1, -0.05) is 18.2 Å². The molecule has 1 aliphatic heterocycles. The maximum atomic E-state index is 11.9. The van der Waals surface area contributed by atoms with Crippen LogP contribution in [0.2, 0.25) is 0 Å². The summed E-state index contributed by atoms with van der Waals surface area (Å²) in [5.41, 5.74) is 0. The summed E-state index contributed by atoms with van der Waals surface area (Å²) in [7, 11) is 0. The Hall–Kier alpha value is -1.26. The van der Waals surface area contributed by atoms with Crippen molar-refractivity contribution in [3.63, 3.8) is 0 Å². The number of piperidine rings is 1. The maximum absolute atomic E-state index is 11.9. The molecule has 0 aromatic heterocycles. The second-order valence-electron chi connectivity index (χ2n) is 5.37. The lowest BCUT2D eigenvalue weighted by Crippen LogP contribution is -2.44. The van der Waals surface area contributed by atoms with Gasteiger partial charge < -0.3 is 15.4 Å². The zero-order valence-corrected chi connectivity index (χ0v) is 13.3. The second kappa shape index (κ2) is 9.64. The summed E-state index contributed by atoms with van der Waals surface area (Å²) >= 11 is 0. The van der Waals surface area contributed by atoms with Crippen molar-refractivity contribution in [2.75, 3.05) is 19.7 Å². The summed E-state index contributed by atoms with van der Waals surface area (Å²) < 4.78 is 5.53. The van der Waals surface area contributed by atoms with Gasteiger partial charge in [0.2, 0.25) is 5.91 Å². The number of hydrogen-bond acceptors (Lipinski definition) is 3. The lowest BCUT2D eigenvalue weighted by Gasteiger charge is -2.28. The zero-order valence-electron chi connectivity index (χ0n) is 12.5. The van der Waals surface area contributed by atoms with E-state index >= 15 is 0 Å². The van der Waals surface area contributed by atoms with E-state index < -0.39 is 0 Å². The molecule has 1 heterocycles. The van der Waals surface area contributed by atoms with Crippen LogP contribution in [0.3, 0.4) is 0 Å². The van der Waals surface area contributed by atoms with Crippen molar-refractivity contribution in [3.8, 4) is 5.75 Å². The van der Waals surface area contributed by atoms with E-state index in [-0.39, 0.29) is 24.4 Å². The van der Waals surface area contributed by atoms with Crippen LogP contribution in [0.1, 0.15) is 26.2 Å². The van der Waals surface area contributed by atoms with E-state index in [1.54, 1.807) is 0 Å². The first kappa shape index (κ1) is 17.8. The van der Waals surface area contributed by atoms with Crippen LogP contribution in [-0.4, -0.2) is 31.6 Å². The number of carbonyl (C=O) groups is 1. The highest BCUT2D eigenvalue weighted by atomic mass is 35.5. The molecule has 1 saturated heterocycles. The highest BCUT2D eigenvalue weighted by molar-refractivity contribution is 5.85. The standard InChI is InChI=1S/C16H24N2O2.ClH/c1-13(14-6-5-10-17-12-14)18-16(19)9-11-20-15-7-3-2-4-8-15;/h2-4,7-8,13-14,17H,5-6,9-12H2,1H3,(H,18,19);1H. The largest absolute Gasteiger partial charge is 0.493 e. The van der Waals surface area contributed by atoms with Crippen LogP contribution in [0.15, 0.2) is 30.3 Å². The first-order chi connectivity index (χ1) is 9.75. The Balaban J connectivity index is 0.00000220. The van der Waals surface area contributed by atoms with Gasteiger partial charge in [0, 0.05) is 6.04 Å². The van der Waals surface area contributed by atoms with Crippen molar-refractivity contribution < 1.29 is 9.53 Å². The third-order valence-electron chi connectivity index (χ3n) is 3.77. The molecule has 21 heavy (non-hydrogen) atoms. The molecule has 1 aromatic carbocycles. The number of nitrogens with one attached hydrogen (secondary N) is 2. The van der Waals surface area contributed by atoms with Gasteiger partial charge in [-0.2, -0.15) is 0 Å². The summed E-state index contributed by atoms with van der Waals surface area (Å²) in [6, 6.07) is 9.82. The molecule has 1 fully saturated rings. The molecule has 2 N–H and O–H groups in total. The predicted molar refractivity (Wildman–Crippen MR) is 87.0 cm³/mol. The molecule has 2 rings (SSSR count). The summed E-state index contributed by atoms with van der Waals surface area (Å²) in [5.74, 6) is 1.42. The van der Waals surface area contributed by atoms with E-state index in [2.05, 4.69) is 17.6 Å². The first-order valence-corrected chi connectivity index (χ1v) is 7.43. The Kier molecular flexibility index (Phi) is 8.16. The number of carbonyl (C=O) groups excluding carboxylic acids is 1. The molecule has 0 saturated carbocycles. The lowest BCUT2D eigenvalue weighted by molar-refractivity contribution is -0.122. The molecule has 0 spiro atoms. The van der Waals surface area contributed by atoms with Crippen LogP contribution in [0.25, 0.3) is 0 Å². The van der Waals surface area contributed by atoms with E-state index in [1.807, 2.05) is 30.3 Å². The molecule has 0 radical (unpaired) electrons. The van der Waals surface area contributed by atoms with E-state index in [1.165, 1.54) is 12.8 Å². The Morgan fingerprint density at radius 1 is 1.43 bits per heavy atom. The van der Waals surface area contributed by atoms with Crippen molar-refractivity contribution >= 4 is 18.3 Å². The molecule has 1 amide bonds. The second-order valence-corrected chi connectivity index (χ2v) is 5.37. The number of ether oxygens (including phenoxy) is 1. The van der Waals surface area contributed by atoms with Crippen LogP contribution in [0.4, 0.5) is 0 Å². The molecule has 5 heteroatoms. The van der Waals surface area contributed by atoms with Gasteiger partial charge in [-0.15, -0.1) is 12.4 Å². The van der Waals surface area contributed by atoms with Gasteiger partial charge in [0.05, 0.1) is 13.0 Å². The summed E-state index contributed by atoms with van der Waals surface area (Å²) in [6.07, 6.45) is 2.79. The SMILES string of the molecule is CC(NC(=O)CCOc1ccccc1)C1CCCNC1.Cl. The van der Waals surface area contributed by atoms with Gasteiger partial charge in [-0.3, -0.25) is 4.79 Å². The van der Waals surface area contributed by atoms with E-state index in [0.717, 1.165) is 18.8 Å². The van der Waals surface area contributed by atoms with E-state index in [9.17, 15) is 4.79 Å². The minimum absolute atomic E-state index is 0. The van der Waals surface area contributed by atoms with Crippen molar-refractivity contribution in [3.05, 3.63) is 30.3 Å². The first-order valence-electron chi connectivity index (χ1n) is 7.43. The van der Waals surface area contributed by atoms with Crippen LogP contribution in [-0.2, 0) is 4.79 Å². The Bertz CT molecular complexity index is 408. The summed E-state index contributed by atoms with van der Waals surface area (Å²) in [4.78, 5) is 11.9. The average molecular weight is 313 g/mol. The molecular formula is C16H25ClN2O2. The van der Waals surface area contributed by atoms with Gasteiger partial charge in [-0.05, 0) is 50.9 Å². The summed E-state index contributed by atoms with van der Waals surface area (Å²) in [6.45, 7) is 4.61. The topological polar surface area (TPSA) is 50.4 Å². The highest BCUT2D eigenvalue weighted by Gasteiger charge is 2.20. The van der Waals surface area contributed by atoms with Crippen molar-refractivity contribution in [2.45, 2.75) is 32.2 Å². The third kappa shape index (κ3) is 6.36. The molecular weight excluding hydrogens is 288 g/mol. The Morgan fingerprint density at radius 3 is 2.86 bits per heavy atom. The number of hydrogen-bond donors (Lipinski definition) is 2. The maximum Gasteiger partial charge on any atom is 0.223 e. The third-order valence-corrected chi connectivity index (χ3v) is 3.77. The average Bonchev–Trinajstić information content (AvgIpc) is 2.49. The lowest BCUT2D eigenvalue weighted by atomic mass is 9.93. The summed E-state index contributed by atoms with van der Waals surface area (Å²) in [5, 5.41) is 6.45. The molecule has 118 valence electrons. The fraction of sp³-hybridized carbons (Fsp3) is 0.562. The molecule has 2 unspecified atom stereocenters. The molecule has 1 aliphatic rings. The van der Waals surface area contributed by atoms with Gasteiger partial charge in [0.25, 0.3) is 0 Å². The number of rotatable bonds is 6. The molecule has 2 atom stereocenters. The highest BCUT2D eigenvalue weighted by Crippen LogP contribution is 2.14. The minimum Gasteiger partial charge on any atom is -0.493 e. The van der Waals surface area contributed by atoms with E-state index in [0.29, 0.717) is 18.9 Å². The fourth-order valence-electron chi connectivity index (χ4n) is 2.53. The van der Waals surface area contributed by atoms with E-state index in [4.69, 9.17) is 4.74 Å². The van der Waals surface area contributed by atoms with Crippen molar-refractivity contribution in [1.29, 1.82) is 0 Å². The number of amides is 1. The van der Waals surface area contributed by atoms with Crippen molar-refractivity contribution in [1.82, 2.24) is 10.6 Å². The van der Waals surface area contributed by atoms with Gasteiger partial charge in [0.15, 0.2) is 0 Å². The number of halogens is 1. The quantitative estimate of drug-likeness (QED) is 0.848. The molecule has 4 nitrogen and oxygen atoms in total. The van der Waals surface area contributed by atoms with Crippen LogP contribution < -0.4 is 15.4 Å². The van der Waals surface area contributed by atoms with Crippen LogP contribution in [0.5, 0.6) is 5.75 Å². The smallest absolute Gasteiger partial charge is 0.223 e. The van der Waals surface area contributed by atoms with Crippen molar-refractivity contribution in [2.24, 2.45) is 5.92 Å². The Labute approximate surface area is 133 Å². The van der Waals surface area contributed by atoms with Crippen LogP contribution in [0, 0.1) is 5.92 Å².